The highest BCUT2D eigenvalue weighted by Gasteiger charge is 2.44. The van der Waals surface area contributed by atoms with Gasteiger partial charge in [0.05, 0.1) is 0 Å². The van der Waals surface area contributed by atoms with E-state index in [0.717, 1.165) is 51.7 Å². The summed E-state index contributed by atoms with van der Waals surface area (Å²) in [7, 11) is 0. The number of hydrogen-bond donors (Lipinski definition) is 0. The van der Waals surface area contributed by atoms with Crippen LogP contribution in [0.5, 0.6) is 0 Å². The minimum absolute atomic E-state index is 0.0184. The van der Waals surface area contributed by atoms with E-state index in [4.69, 9.17) is 0 Å². The lowest BCUT2D eigenvalue weighted by Crippen LogP contribution is -2.55. The first-order chi connectivity index (χ1) is 10.4. The molecule has 0 bridgehead atoms. The van der Waals surface area contributed by atoms with Crippen LogP contribution in [0.3, 0.4) is 0 Å². The first kappa shape index (κ1) is 17.3. The molecule has 2 aliphatic rings. The van der Waals surface area contributed by atoms with E-state index >= 15 is 0 Å². The molecule has 2 heterocycles. The van der Waals surface area contributed by atoms with Crippen molar-refractivity contribution in [1.82, 2.24) is 9.80 Å². The van der Waals surface area contributed by atoms with Gasteiger partial charge in [0, 0.05) is 25.7 Å². The summed E-state index contributed by atoms with van der Waals surface area (Å²) >= 11 is 0. The Balaban J connectivity index is 2.07. The molecular formula is C18H32N2O2. The zero-order valence-electron chi connectivity index (χ0n) is 14.7. The zero-order valence-corrected chi connectivity index (χ0v) is 14.7. The molecule has 2 amide bonds. The van der Waals surface area contributed by atoms with Crippen molar-refractivity contribution in [3.63, 3.8) is 0 Å². The number of amides is 2. The van der Waals surface area contributed by atoms with Crippen molar-refractivity contribution < 1.29 is 9.59 Å². The molecule has 0 radical (unpaired) electrons. The van der Waals surface area contributed by atoms with E-state index in [1.807, 2.05) is 23.6 Å². The number of rotatable bonds is 3. The fourth-order valence-corrected chi connectivity index (χ4v) is 3.75. The van der Waals surface area contributed by atoms with E-state index < -0.39 is 5.41 Å². The number of piperidine rings is 2. The number of carbonyl (C=O) groups is 2. The molecule has 2 aliphatic heterocycles. The molecule has 0 saturated carbocycles. The van der Waals surface area contributed by atoms with Gasteiger partial charge in [-0.15, -0.1) is 0 Å². The van der Waals surface area contributed by atoms with Crippen LogP contribution in [-0.4, -0.2) is 47.3 Å². The lowest BCUT2D eigenvalue weighted by Gasteiger charge is -2.41. The van der Waals surface area contributed by atoms with E-state index in [0.29, 0.717) is 12.0 Å². The molecule has 0 aliphatic carbocycles. The van der Waals surface area contributed by atoms with Crippen molar-refractivity contribution in [1.29, 1.82) is 0 Å². The second-order valence-corrected chi connectivity index (χ2v) is 7.66. The van der Waals surface area contributed by atoms with Crippen LogP contribution in [0.1, 0.15) is 66.2 Å². The van der Waals surface area contributed by atoms with Crippen LogP contribution >= 0.6 is 0 Å². The van der Waals surface area contributed by atoms with Gasteiger partial charge < -0.3 is 9.80 Å². The van der Waals surface area contributed by atoms with Crippen molar-refractivity contribution in [2.75, 3.05) is 19.6 Å². The Morgan fingerprint density at radius 2 is 1.64 bits per heavy atom. The third kappa shape index (κ3) is 3.47. The molecule has 2 rings (SSSR count). The number of carbonyl (C=O) groups excluding carboxylic acids is 2. The summed E-state index contributed by atoms with van der Waals surface area (Å²) in [6.07, 6.45) is 6.42. The van der Waals surface area contributed by atoms with Gasteiger partial charge in [0.2, 0.25) is 11.8 Å². The summed E-state index contributed by atoms with van der Waals surface area (Å²) in [6.45, 7) is 10.4. The smallest absolute Gasteiger partial charge is 0.237 e. The van der Waals surface area contributed by atoms with Crippen LogP contribution in [0.25, 0.3) is 0 Å². The van der Waals surface area contributed by atoms with Gasteiger partial charge in [-0.2, -0.15) is 0 Å². The van der Waals surface area contributed by atoms with Gasteiger partial charge in [0.15, 0.2) is 0 Å². The van der Waals surface area contributed by atoms with Gasteiger partial charge >= 0.3 is 0 Å². The van der Waals surface area contributed by atoms with Crippen molar-refractivity contribution in [2.24, 2.45) is 11.3 Å². The normalized spacial score (nSPS) is 24.5. The SMILES string of the molecule is CCC1CCCCN1C(=O)C(C)(C)C(=O)N1CCC(C)CC1. The Bertz CT molecular complexity index is 411. The maximum atomic E-state index is 13.0. The summed E-state index contributed by atoms with van der Waals surface area (Å²) in [4.78, 5) is 29.8. The van der Waals surface area contributed by atoms with E-state index in [-0.39, 0.29) is 11.8 Å². The summed E-state index contributed by atoms with van der Waals surface area (Å²) in [5, 5.41) is 0. The van der Waals surface area contributed by atoms with Crippen LogP contribution in [0.15, 0.2) is 0 Å². The van der Waals surface area contributed by atoms with Gasteiger partial charge in [-0.05, 0) is 58.3 Å². The molecule has 22 heavy (non-hydrogen) atoms. The molecule has 2 saturated heterocycles. The van der Waals surface area contributed by atoms with Crippen LogP contribution in [0.2, 0.25) is 0 Å². The van der Waals surface area contributed by atoms with E-state index in [1.54, 1.807) is 0 Å². The minimum atomic E-state index is -0.925. The van der Waals surface area contributed by atoms with E-state index in [1.165, 1.54) is 6.42 Å². The van der Waals surface area contributed by atoms with Crippen LogP contribution in [-0.2, 0) is 9.59 Å². The standard InChI is InChI=1S/C18H32N2O2/c1-5-15-8-6-7-11-20(15)17(22)18(3,4)16(21)19-12-9-14(2)10-13-19/h14-15H,5-13H2,1-4H3. The van der Waals surface area contributed by atoms with E-state index in [2.05, 4.69) is 13.8 Å². The predicted molar refractivity (Wildman–Crippen MR) is 88.4 cm³/mol. The molecule has 4 heteroatoms. The molecule has 4 nitrogen and oxygen atoms in total. The van der Waals surface area contributed by atoms with Gasteiger partial charge in [0.1, 0.15) is 5.41 Å². The molecule has 1 atom stereocenters. The highest BCUT2D eigenvalue weighted by Crippen LogP contribution is 2.30. The Kier molecular flexibility index (Phi) is 5.51. The quantitative estimate of drug-likeness (QED) is 0.752. The van der Waals surface area contributed by atoms with E-state index in [9.17, 15) is 9.59 Å². The van der Waals surface area contributed by atoms with Crippen LogP contribution in [0, 0.1) is 11.3 Å². The molecule has 126 valence electrons. The summed E-state index contributed by atoms with van der Waals surface area (Å²) in [5.41, 5.74) is -0.925. The maximum Gasteiger partial charge on any atom is 0.237 e. The van der Waals surface area contributed by atoms with Crippen molar-refractivity contribution in [3.8, 4) is 0 Å². The predicted octanol–water partition coefficient (Wildman–Crippen LogP) is 3.06. The molecular weight excluding hydrogens is 276 g/mol. The molecule has 0 N–H and O–H groups in total. The van der Waals surface area contributed by atoms with Crippen molar-refractivity contribution in [2.45, 2.75) is 72.3 Å². The molecule has 0 spiro atoms. The average Bonchev–Trinajstić information content (AvgIpc) is 2.54. The molecule has 0 aromatic rings. The largest absolute Gasteiger partial charge is 0.342 e. The minimum Gasteiger partial charge on any atom is -0.342 e. The average molecular weight is 308 g/mol. The number of nitrogens with zero attached hydrogens (tertiary/aromatic N) is 2. The topological polar surface area (TPSA) is 40.6 Å². The third-order valence-corrected chi connectivity index (χ3v) is 5.50. The molecule has 2 fully saturated rings. The molecule has 0 aromatic carbocycles. The Morgan fingerprint density at radius 1 is 1.00 bits per heavy atom. The fraction of sp³-hybridized carbons (Fsp3) is 0.889. The Morgan fingerprint density at radius 3 is 2.23 bits per heavy atom. The van der Waals surface area contributed by atoms with Crippen LogP contribution in [0.4, 0.5) is 0 Å². The summed E-state index contributed by atoms with van der Waals surface area (Å²) in [6, 6.07) is 0.315. The summed E-state index contributed by atoms with van der Waals surface area (Å²) in [5.74, 6) is 0.738. The molecule has 0 aromatic heterocycles. The lowest BCUT2D eigenvalue weighted by molar-refractivity contribution is -0.157. The lowest BCUT2D eigenvalue weighted by atomic mass is 9.86. The van der Waals surface area contributed by atoms with Gasteiger partial charge in [-0.25, -0.2) is 0 Å². The second-order valence-electron chi connectivity index (χ2n) is 7.66. The Hall–Kier alpha value is -1.06. The summed E-state index contributed by atoms with van der Waals surface area (Å²) < 4.78 is 0. The van der Waals surface area contributed by atoms with Crippen molar-refractivity contribution in [3.05, 3.63) is 0 Å². The highest BCUT2D eigenvalue weighted by molar-refractivity contribution is 6.04. The molecule has 1 unspecified atom stereocenters. The highest BCUT2D eigenvalue weighted by atomic mass is 16.2. The first-order valence-corrected chi connectivity index (χ1v) is 8.98. The number of likely N-dealkylation sites (tertiary alicyclic amines) is 2. The number of hydrogen-bond acceptors (Lipinski definition) is 2. The van der Waals surface area contributed by atoms with Crippen molar-refractivity contribution >= 4 is 11.8 Å². The van der Waals surface area contributed by atoms with Crippen LogP contribution < -0.4 is 0 Å². The first-order valence-electron chi connectivity index (χ1n) is 8.98. The van der Waals surface area contributed by atoms with Gasteiger partial charge in [-0.3, -0.25) is 9.59 Å². The Labute approximate surface area is 135 Å². The third-order valence-electron chi connectivity index (χ3n) is 5.50. The fourth-order valence-electron chi connectivity index (χ4n) is 3.75. The van der Waals surface area contributed by atoms with Gasteiger partial charge in [-0.1, -0.05) is 13.8 Å². The monoisotopic (exact) mass is 308 g/mol. The maximum absolute atomic E-state index is 13.0. The van der Waals surface area contributed by atoms with Gasteiger partial charge in [0.25, 0.3) is 0 Å². The second kappa shape index (κ2) is 7.01. The zero-order chi connectivity index (χ0) is 16.3.